The maximum atomic E-state index is 12.5. The molecular weight excluding hydrogens is 298 g/mol. The van der Waals surface area contributed by atoms with Crippen LogP contribution < -0.4 is 4.90 Å². The van der Waals surface area contributed by atoms with Crippen LogP contribution in [0.3, 0.4) is 0 Å². The van der Waals surface area contributed by atoms with E-state index in [0.29, 0.717) is 11.6 Å². The van der Waals surface area contributed by atoms with Crippen LogP contribution in [0.25, 0.3) is 6.08 Å². The monoisotopic (exact) mass is 313 g/mol. The van der Waals surface area contributed by atoms with Crippen molar-refractivity contribution in [1.82, 2.24) is 0 Å². The standard InChI is InChI=1S/C18H16ClNO2/c1-2-22-18(21)20-16-10-6-3-7-13(16)11-12-17(20)14-8-4-5-9-15(14)19/h3-12,17H,2H2,1H3. The molecule has 1 unspecified atom stereocenters. The molecule has 0 fully saturated rings. The second kappa shape index (κ2) is 6.24. The predicted octanol–water partition coefficient (Wildman–Crippen LogP) is 5.07. The molecule has 4 heteroatoms. The number of amides is 1. The molecule has 1 amide bonds. The summed E-state index contributed by atoms with van der Waals surface area (Å²) in [5, 5.41) is 0.630. The molecule has 0 N–H and O–H groups in total. The molecule has 1 atom stereocenters. The van der Waals surface area contributed by atoms with Gasteiger partial charge in [-0.2, -0.15) is 0 Å². The van der Waals surface area contributed by atoms with Gasteiger partial charge in [-0.05, 0) is 30.2 Å². The molecule has 0 radical (unpaired) electrons. The highest BCUT2D eigenvalue weighted by Crippen LogP contribution is 2.38. The maximum Gasteiger partial charge on any atom is 0.415 e. The number of rotatable bonds is 2. The van der Waals surface area contributed by atoms with Gasteiger partial charge in [0.2, 0.25) is 0 Å². The second-order valence-corrected chi connectivity index (χ2v) is 5.36. The maximum absolute atomic E-state index is 12.5. The zero-order valence-corrected chi connectivity index (χ0v) is 13.0. The van der Waals surface area contributed by atoms with Gasteiger partial charge >= 0.3 is 6.09 Å². The smallest absolute Gasteiger partial charge is 0.415 e. The minimum absolute atomic E-state index is 0.275. The number of ether oxygens (including phenoxy) is 1. The van der Waals surface area contributed by atoms with E-state index in [1.165, 1.54) is 0 Å². The van der Waals surface area contributed by atoms with Crippen LogP contribution in [-0.4, -0.2) is 12.7 Å². The van der Waals surface area contributed by atoms with Crippen molar-refractivity contribution >= 4 is 29.5 Å². The van der Waals surface area contributed by atoms with E-state index in [-0.39, 0.29) is 12.1 Å². The second-order valence-electron chi connectivity index (χ2n) is 4.95. The molecule has 2 aromatic rings. The molecule has 0 saturated heterocycles. The molecule has 0 aliphatic carbocycles. The molecule has 0 spiro atoms. The zero-order chi connectivity index (χ0) is 15.5. The normalized spacial score (nSPS) is 16.3. The molecule has 0 saturated carbocycles. The average molecular weight is 314 g/mol. The molecular formula is C18H16ClNO2. The van der Waals surface area contributed by atoms with E-state index in [1.54, 1.807) is 11.8 Å². The number of halogens is 1. The Hall–Kier alpha value is -2.26. The van der Waals surface area contributed by atoms with E-state index in [1.807, 2.05) is 60.7 Å². The third-order valence-electron chi connectivity index (χ3n) is 3.62. The van der Waals surface area contributed by atoms with E-state index >= 15 is 0 Å². The Morgan fingerprint density at radius 3 is 2.68 bits per heavy atom. The molecule has 22 heavy (non-hydrogen) atoms. The molecule has 3 nitrogen and oxygen atoms in total. The van der Waals surface area contributed by atoms with Gasteiger partial charge in [-0.15, -0.1) is 0 Å². The van der Waals surface area contributed by atoms with Gasteiger partial charge in [0, 0.05) is 5.02 Å². The lowest BCUT2D eigenvalue weighted by Crippen LogP contribution is -2.36. The van der Waals surface area contributed by atoms with Gasteiger partial charge in [-0.1, -0.05) is 60.2 Å². The summed E-state index contributed by atoms with van der Waals surface area (Å²) in [4.78, 5) is 14.1. The number of para-hydroxylation sites is 1. The molecule has 3 rings (SSSR count). The van der Waals surface area contributed by atoms with Crippen molar-refractivity contribution in [2.45, 2.75) is 13.0 Å². The van der Waals surface area contributed by atoms with E-state index in [2.05, 4.69) is 0 Å². The Morgan fingerprint density at radius 2 is 1.91 bits per heavy atom. The Balaban J connectivity index is 2.10. The lowest BCUT2D eigenvalue weighted by atomic mass is 9.98. The number of fused-ring (bicyclic) bond motifs is 1. The van der Waals surface area contributed by atoms with Gasteiger partial charge in [0.1, 0.15) is 0 Å². The van der Waals surface area contributed by atoms with Crippen molar-refractivity contribution in [2.75, 3.05) is 11.5 Å². The Labute approximate surface area is 134 Å². The third kappa shape index (κ3) is 2.60. The lowest BCUT2D eigenvalue weighted by Gasteiger charge is -2.33. The van der Waals surface area contributed by atoms with E-state index in [4.69, 9.17) is 16.3 Å². The highest BCUT2D eigenvalue weighted by Gasteiger charge is 2.31. The topological polar surface area (TPSA) is 29.5 Å². The predicted molar refractivity (Wildman–Crippen MR) is 89.2 cm³/mol. The van der Waals surface area contributed by atoms with Gasteiger partial charge in [0.05, 0.1) is 18.3 Å². The number of benzene rings is 2. The minimum atomic E-state index is -0.371. The van der Waals surface area contributed by atoms with Gasteiger partial charge in [0.25, 0.3) is 0 Å². The van der Waals surface area contributed by atoms with Gasteiger partial charge in [-0.25, -0.2) is 4.79 Å². The summed E-state index contributed by atoms with van der Waals surface area (Å²) in [6, 6.07) is 15.0. The SMILES string of the molecule is CCOC(=O)N1c2ccccc2C=CC1c1ccccc1Cl. The van der Waals surface area contributed by atoms with Crippen molar-refractivity contribution < 1.29 is 9.53 Å². The van der Waals surface area contributed by atoms with Crippen molar-refractivity contribution in [1.29, 1.82) is 0 Å². The van der Waals surface area contributed by atoms with E-state index in [9.17, 15) is 4.79 Å². The van der Waals surface area contributed by atoms with Crippen molar-refractivity contribution in [3.63, 3.8) is 0 Å². The first-order chi connectivity index (χ1) is 10.7. The number of hydrogen-bond acceptors (Lipinski definition) is 2. The average Bonchev–Trinajstić information content (AvgIpc) is 2.54. The van der Waals surface area contributed by atoms with E-state index in [0.717, 1.165) is 16.8 Å². The molecule has 112 valence electrons. The summed E-state index contributed by atoms with van der Waals surface area (Å²) in [6.45, 7) is 2.13. The number of carbonyl (C=O) groups is 1. The lowest BCUT2D eigenvalue weighted by molar-refractivity contribution is 0.158. The van der Waals surface area contributed by atoms with Crippen LogP contribution in [0.15, 0.2) is 54.6 Å². The fourth-order valence-electron chi connectivity index (χ4n) is 2.64. The van der Waals surface area contributed by atoms with Gasteiger partial charge in [0.15, 0.2) is 0 Å². The first kappa shape index (κ1) is 14.7. The molecule has 1 heterocycles. The highest BCUT2D eigenvalue weighted by atomic mass is 35.5. The Bertz CT molecular complexity index is 727. The Kier molecular flexibility index (Phi) is 4.16. The van der Waals surface area contributed by atoms with Crippen molar-refractivity contribution in [3.05, 3.63) is 70.8 Å². The van der Waals surface area contributed by atoms with Gasteiger partial charge in [-0.3, -0.25) is 4.90 Å². The first-order valence-corrected chi connectivity index (χ1v) is 7.58. The summed E-state index contributed by atoms with van der Waals surface area (Å²) < 4.78 is 5.24. The van der Waals surface area contributed by atoms with Crippen LogP contribution in [0.2, 0.25) is 5.02 Å². The van der Waals surface area contributed by atoms with Crippen LogP contribution in [0.4, 0.5) is 10.5 Å². The fourth-order valence-corrected chi connectivity index (χ4v) is 2.89. The van der Waals surface area contributed by atoms with E-state index < -0.39 is 0 Å². The summed E-state index contributed by atoms with van der Waals surface area (Å²) in [5.74, 6) is 0. The van der Waals surface area contributed by atoms with Crippen molar-refractivity contribution in [3.8, 4) is 0 Å². The third-order valence-corrected chi connectivity index (χ3v) is 3.97. The number of carbonyl (C=O) groups excluding carboxylic acids is 1. The first-order valence-electron chi connectivity index (χ1n) is 7.20. The number of anilines is 1. The van der Waals surface area contributed by atoms with Gasteiger partial charge < -0.3 is 4.74 Å². The summed E-state index contributed by atoms with van der Waals surface area (Å²) in [6.07, 6.45) is 3.61. The van der Waals surface area contributed by atoms with Crippen LogP contribution in [0.5, 0.6) is 0 Å². The minimum Gasteiger partial charge on any atom is -0.449 e. The summed E-state index contributed by atoms with van der Waals surface area (Å²) >= 11 is 6.32. The molecule has 1 aliphatic heterocycles. The molecule has 1 aliphatic rings. The summed E-state index contributed by atoms with van der Waals surface area (Å²) in [7, 11) is 0. The quantitative estimate of drug-likeness (QED) is 0.774. The van der Waals surface area contributed by atoms with Crippen LogP contribution >= 0.6 is 11.6 Å². The summed E-state index contributed by atoms with van der Waals surface area (Å²) in [5.41, 5.74) is 2.69. The molecule has 0 bridgehead atoms. The fraction of sp³-hybridized carbons (Fsp3) is 0.167. The van der Waals surface area contributed by atoms with Crippen molar-refractivity contribution in [2.24, 2.45) is 0 Å². The number of nitrogens with zero attached hydrogens (tertiary/aromatic N) is 1. The zero-order valence-electron chi connectivity index (χ0n) is 12.2. The van der Waals surface area contributed by atoms with Crippen LogP contribution in [0.1, 0.15) is 24.1 Å². The van der Waals surface area contributed by atoms with Crippen LogP contribution in [0, 0.1) is 0 Å². The molecule has 0 aromatic heterocycles. The highest BCUT2D eigenvalue weighted by molar-refractivity contribution is 6.31. The number of hydrogen-bond donors (Lipinski definition) is 0. The molecule has 2 aromatic carbocycles. The largest absolute Gasteiger partial charge is 0.449 e. The Morgan fingerprint density at radius 1 is 1.18 bits per heavy atom. The van der Waals surface area contributed by atoms with Crippen LogP contribution in [-0.2, 0) is 4.74 Å².